The van der Waals surface area contributed by atoms with Crippen molar-refractivity contribution in [2.45, 2.75) is 70.8 Å². The molecule has 0 N–H and O–H groups in total. The van der Waals surface area contributed by atoms with Crippen LogP contribution < -0.4 is 4.57 Å². The van der Waals surface area contributed by atoms with E-state index in [1.165, 1.54) is 68.7 Å². The summed E-state index contributed by atoms with van der Waals surface area (Å²) in [5.74, 6) is 0.690. The second kappa shape index (κ2) is 10.6. The third kappa shape index (κ3) is 5.80. The minimum Gasteiger partial charge on any atom is -0.194 e. The Morgan fingerprint density at radius 2 is 1.52 bits per heavy atom. The number of alkyl halides is 1. The van der Waals surface area contributed by atoms with Crippen molar-refractivity contribution < 1.29 is 4.57 Å². The van der Waals surface area contributed by atoms with Gasteiger partial charge in [0.15, 0.2) is 12.2 Å². The van der Waals surface area contributed by atoms with E-state index in [9.17, 15) is 0 Å². The molecule has 0 aliphatic heterocycles. The fourth-order valence-corrected chi connectivity index (χ4v) is 3.61. The van der Waals surface area contributed by atoms with Crippen LogP contribution in [0.4, 0.5) is 0 Å². The van der Waals surface area contributed by atoms with E-state index < -0.39 is 0 Å². The van der Waals surface area contributed by atoms with Gasteiger partial charge in [-0.15, -0.1) is 11.6 Å². The van der Waals surface area contributed by atoms with Crippen LogP contribution in [0, 0.1) is 0 Å². The summed E-state index contributed by atoms with van der Waals surface area (Å²) in [5, 5.41) is 1.29. The van der Waals surface area contributed by atoms with Gasteiger partial charge in [0.2, 0.25) is 5.52 Å². The molecule has 0 bridgehead atoms. The van der Waals surface area contributed by atoms with Crippen LogP contribution in [0.3, 0.4) is 0 Å². The lowest BCUT2D eigenvalue weighted by Gasteiger charge is -2.11. The molecule has 0 saturated carbocycles. The Morgan fingerprint density at radius 1 is 0.870 bits per heavy atom. The maximum Gasteiger partial charge on any atom is 0.212 e. The van der Waals surface area contributed by atoms with E-state index in [1.54, 1.807) is 0 Å². The third-order valence-corrected chi connectivity index (χ3v) is 5.06. The number of hydrogen-bond acceptors (Lipinski definition) is 0. The lowest BCUT2D eigenvalue weighted by atomic mass is 10.0. The van der Waals surface area contributed by atoms with Gasteiger partial charge < -0.3 is 0 Å². The minimum absolute atomic E-state index is 0.405. The van der Waals surface area contributed by atoms with E-state index in [0.29, 0.717) is 11.9 Å². The van der Waals surface area contributed by atoms with Gasteiger partial charge in [-0.2, -0.15) is 4.57 Å². The molecular weight excluding hydrogens is 302 g/mol. The number of fused-ring (bicyclic) bond motifs is 1. The Hall–Kier alpha value is -1.08. The van der Waals surface area contributed by atoms with E-state index in [1.807, 2.05) is 0 Å². The average Bonchev–Trinajstić information content (AvgIpc) is 2.60. The van der Waals surface area contributed by atoms with E-state index in [2.05, 4.69) is 54.1 Å². The van der Waals surface area contributed by atoms with Gasteiger partial charge in [-0.3, -0.25) is 0 Å². The number of para-hydroxylation sites is 1. The van der Waals surface area contributed by atoms with Crippen LogP contribution in [0.25, 0.3) is 10.9 Å². The van der Waals surface area contributed by atoms with Gasteiger partial charge in [0.1, 0.15) is 0 Å². The number of pyridine rings is 1. The van der Waals surface area contributed by atoms with Gasteiger partial charge >= 0.3 is 0 Å². The highest BCUT2D eigenvalue weighted by atomic mass is 35.5. The molecular formula is C21H31ClN+. The van der Waals surface area contributed by atoms with Crippen molar-refractivity contribution in [3.8, 4) is 0 Å². The molecule has 0 aliphatic rings. The lowest BCUT2D eigenvalue weighted by Crippen LogP contribution is -2.40. The molecule has 0 fully saturated rings. The molecule has 126 valence electrons. The number of unbranched alkanes of at least 4 members (excludes halogenated alkanes) is 7. The van der Waals surface area contributed by atoms with Crippen molar-refractivity contribution in [2.75, 3.05) is 5.88 Å². The molecule has 0 saturated heterocycles. The summed E-state index contributed by atoms with van der Waals surface area (Å²) in [6.45, 7) is 2.28. The standard InChI is InChI=1S/C21H31ClN/c1-2-3-4-5-6-7-8-9-15-20(18-22)23-17-12-14-19-13-10-11-16-21(19)23/h10-14,16-17,20H,2-9,15,18H2,1H3/q+1/t20-/m1/s1. The molecule has 1 nitrogen and oxygen atoms in total. The van der Waals surface area contributed by atoms with Crippen LogP contribution >= 0.6 is 11.6 Å². The lowest BCUT2D eigenvalue weighted by molar-refractivity contribution is -0.694. The average molecular weight is 333 g/mol. The Labute approximate surface area is 146 Å². The second-order valence-electron chi connectivity index (χ2n) is 6.55. The molecule has 0 unspecified atom stereocenters. The predicted octanol–water partition coefficient (Wildman–Crippen LogP) is 6.44. The number of halogens is 1. The van der Waals surface area contributed by atoms with Crippen LogP contribution in [0.5, 0.6) is 0 Å². The Morgan fingerprint density at radius 3 is 2.26 bits per heavy atom. The number of rotatable bonds is 11. The van der Waals surface area contributed by atoms with Gasteiger partial charge in [-0.05, 0) is 18.6 Å². The molecule has 0 amide bonds. The quantitative estimate of drug-likeness (QED) is 0.253. The maximum atomic E-state index is 6.28. The molecule has 23 heavy (non-hydrogen) atoms. The van der Waals surface area contributed by atoms with Crippen molar-refractivity contribution in [3.05, 3.63) is 42.6 Å². The first-order chi connectivity index (χ1) is 11.4. The van der Waals surface area contributed by atoms with Crippen molar-refractivity contribution in [1.82, 2.24) is 0 Å². The number of benzene rings is 1. The topological polar surface area (TPSA) is 3.88 Å². The van der Waals surface area contributed by atoms with Gasteiger partial charge in [-0.1, -0.05) is 64.0 Å². The monoisotopic (exact) mass is 332 g/mol. The van der Waals surface area contributed by atoms with Crippen molar-refractivity contribution in [3.63, 3.8) is 0 Å². The number of hydrogen-bond donors (Lipinski definition) is 0. The zero-order chi connectivity index (χ0) is 16.3. The minimum atomic E-state index is 0.405. The van der Waals surface area contributed by atoms with Crippen molar-refractivity contribution in [2.24, 2.45) is 0 Å². The van der Waals surface area contributed by atoms with E-state index in [4.69, 9.17) is 11.6 Å². The summed E-state index contributed by atoms with van der Waals surface area (Å²) in [7, 11) is 0. The van der Waals surface area contributed by atoms with Crippen LogP contribution in [-0.2, 0) is 0 Å². The first-order valence-electron chi connectivity index (χ1n) is 9.31. The largest absolute Gasteiger partial charge is 0.212 e. The highest BCUT2D eigenvalue weighted by molar-refractivity contribution is 6.18. The third-order valence-electron chi connectivity index (χ3n) is 4.70. The van der Waals surface area contributed by atoms with Crippen molar-refractivity contribution in [1.29, 1.82) is 0 Å². The molecule has 0 aliphatic carbocycles. The van der Waals surface area contributed by atoms with E-state index >= 15 is 0 Å². The normalized spacial score (nSPS) is 12.6. The molecule has 1 aromatic carbocycles. The van der Waals surface area contributed by atoms with Crippen LogP contribution in [0.1, 0.15) is 70.8 Å². The second-order valence-corrected chi connectivity index (χ2v) is 6.85. The summed E-state index contributed by atoms with van der Waals surface area (Å²) >= 11 is 6.28. The summed E-state index contributed by atoms with van der Waals surface area (Å²) in [6, 6.07) is 13.3. The van der Waals surface area contributed by atoms with Crippen LogP contribution in [0.2, 0.25) is 0 Å². The van der Waals surface area contributed by atoms with Gasteiger partial charge in [-0.25, -0.2) is 0 Å². The van der Waals surface area contributed by atoms with E-state index in [0.717, 1.165) is 0 Å². The Bertz CT molecular complexity index is 561. The number of nitrogens with zero attached hydrogens (tertiary/aromatic N) is 1. The maximum absolute atomic E-state index is 6.28. The predicted molar refractivity (Wildman–Crippen MR) is 101 cm³/mol. The molecule has 1 atom stereocenters. The van der Waals surface area contributed by atoms with Crippen LogP contribution in [0.15, 0.2) is 42.6 Å². The summed E-state index contributed by atoms with van der Waals surface area (Å²) in [5.41, 5.74) is 1.29. The SMILES string of the molecule is CCCCCCCCCC[C@H](CCl)[n+]1cccc2ccccc21. The number of aromatic nitrogens is 1. The smallest absolute Gasteiger partial charge is 0.194 e. The Balaban J connectivity index is 1.81. The first-order valence-corrected chi connectivity index (χ1v) is 9.85. The summed E-state index contributed by atoms with van der Waals surface area (Å²) in [4.78, 5) is 0. The van der Waals surface area contributed by atoms with Crippen molar-refractivity contribution >= 4 is 22.5 Å². The zero-order valence-corrected chi connectivity index (χ0v) is 15.3. The van der Waals surface area contributed by atoms with Gasteiger partial charge in [0.25, 0.3) is 0 Å². The molecule has 0 radical (unpaired) electrons. The zero-order valence-electron chi connectivity index (χ0n) is 14.5. The summed E-state index contributed by atoms with van der Waals surface area (Å²) < 4.78 is 2.36. The fourth-order valence-electron chi connectivity index (χ4n) is 3.31. The van der Waals surface area contributed by atoms with Gasteiger partial charge in [0.05, 0.1) is 5.88 Å². The van der Waals surface area contributed by atoms with Gasteiger partial charge in [0, 0.05) is 23.9 Å². The first kappa shape index (κ1) is 18.3. The highest BCUT2D eigenvalue weighted by Gasteiger charge is 2.19. The van der Waals surface area contributed by atoms with E-state index in [-0.39, 0.29) is 0 Å². The highest BCUT2D eigenvalue weighted by Crippen LogP contribution is 2.17. The molecule has 1 aromatic heterocycles. The molecule has 2 heteroatoms. The molecule has 2 rings (SSSR count). The molecule has 2 aromatic rings. The molecule has 1 heterocycles. The van der Waals surface area contributed by atoms with Crippen LogP contribution in [-0.4, -0.2) is 5.88 Å². The Kier molecular flexibility index (Phi) is 8.46. The summed E-state index contributed by atoms with van der Waals surface area (Å²) in [6.07, 6.45) is 14.3. The molecule has 0 spiro atoms. The fraction of sp³-hybridized carbons (Fsp3) is 0.571.